The van der Waals surface area contributed by atoms with Crippen molar-refractivity contribution in [1.82, 2.24) is 5.32 Å². The van der Waals surface area contributed by atoms with E-state index in [1.807, 2.05) is 0 Å². The predicted molar refractivity (Wildman–Crippen MR) is 71.8 cm³/mol. The lowest BCUT2D eigenvalue weighted by Gasteiger charge is -2.08. The normalized spacial score (nSPS) is 11.0. The third-order valence-corrected chi connectivity index (χ3v) is 2.67. The topological polar surface area (TPSA) is 12.0 Å². The highest BCUT2D eigenvalue weighted by atomic mass is 14.8. The SMILES string of the molecule is CCCc1cccc(CCNCC(C)C)c1. The number of aryl methyl sites for hydroxylation is 1. The van der Waals surface area contributed by atoms with Gasteiger partial charge in [-0.25, -0.2) is 0 Å². The van der Waals surface area contributed by atoms with Crippen LogP contribution in [-0.2, 0) is 12.8 Å². The lowest BCUT2D eigenvalue weighted by atomic mass is 10.0. The van der Waals surface area contributed by atoms with Crippen LogP contribution in [0, 0.1) is 5.92 Å². The van der Waals surface area contributed by atoms with Crippen molar-refractivity contribution in [1.29, 1.82) is 0 Å². The summed E-state index contributed by atoms with van der Waals surface area (Å²) in [6, 6.07) is 8.99. The van der Waals surface area contributed by atoms with Gasteiger partial charge in [-0.3, -0.25) is 0 Å². The van der Waals surface area contributed by atoms with E-state index in [2.05, 4.69) is 50.4 Å². The molecule has 0 amide bonds. The molecule has 1 rings (SSSR count). The van der Waals surface area contributed by atoms with Gasteiger partial charge in [0.2, 0.25) is 0 Å². The highest BCUT2D eigenvalue weighted by molar-refractivity contribution is 5.23. The summed E-state index contributed by atoms with van der Waals surface area (Å²) >= 11 is 0. The summed E-state index contributed by atoms with van der Waals surface area (Å²) in [6.07, 6.45) is 3.58. The first kappa shape index (κ1) is 13.2. The Kier molecular flexibility index (Phi) is 6.17. The van der Waals surface area contributed by atoms with Crippen LogP contribution in [0.4, 0.5) is 0 Å². The maximum absolute atomic E-state index is 3.48. The first-order chi connectivity index (χ1) is 7.72. The van der Waals surface area contributed by atoms with Crippen LogP contribution < -0.4 is 5.32 Å². The third kappa shape index (κ3) is 5.32. The van der Waals surface area contributed by atoms with Gasteiger partial charge in [-0.05, 0) is 43.0 Å². The Morgan fingerprint density at radius 1 is 1.12 bits per heavy atom. The smallest absolute Gasteiger partial charge is 0.000824 e. The summed E-state index contributed by atoms with van der Waals surface area (Å²) in [5, 5.41) is 3.48. The van der Waals surface area contributed by atoms with Gasteiger partial charge < -0.3 is 5.32 Å². The Morgan fingerprint density at radius 2 is 1.81 bits per heavy atom. The summed E-state index contributed by atoms with van der Waals surface area (Å²) in [6.45, 7) is 8.93. The minimum Gasteiger partial charge on any atom is -0.316 e. The summed E-state index contributed by atoms with van der Waals surface area (Å²) in [7, 11) is 0. The zero-order valence-corrected chi connectivity index (χ0v) is 10.9. The van der Waals surface area contributed by atoms with Crippen LogP contribution in [0.5, 0.6) is 0 Å². The van der Waals surface area contributed by atoms with Gasteiger partial charge >= 0.3 is 0 Å². The Balaban J connectivity index is 2.33. The molecule has 0 radical (unpaired) electrons. The van der Waals surface area contributed by atoms with Gasteiger partial charge in [0.25, 0.3) is 0 Å². The first-order valence-corrected chi connectivity index (χ1v) is 6.51. The molecular weight excluding hydrogens is 194 g/mol. The Hall–Kier alpha value is -0.820. The fourth-order valence-electron chi connectivity index (χ4n) is 1.85. The molecule has 16 heavy (non-hydrogen) atoms. The van der Waals surface area contributed by atoms with E-state index in [1.54, 1.807) is 0 Å². The van der Waals surface area contributed by atoms with Crippen LogP contribution in [-0.4, -0.2) is 13.1 Å². The maximum Gasteiger partial charge on any atom is -0.000824 e. The minimum atomic E-state index is 0.742. The molecule has 0 bridgehead atoms. The Bertz CT molecular complexity index is 291. The van der Waals surface area contributed by atoms with Crippen molar-refractivity contribution >= 4 is 0 Å². The van der Waals surface area contributed by atoms with Gasteiger partial charge in [0.05, 0.1) is 0 Å². The standard InChI is InChI=1S/C15H25N/c1-4-6-14-7-5-8-15(11-14)9-10-16-12-13(2)3/h5,7-8,11,13,16H,4,6,9-10,12H2,1-3H3. The maximum atomic E-state index is 3.48. The van der Waals surface area contributed by atoms with Gasteiger partial charge in [0, 0.05) is 0 Å². The zero-order chi connectivity index (χ0) is 11.8. The Morgan fingerprint density at radius 3 is 2.44 bits per heavy atom. The van der Waals surface area contributed by atoms with E-state index in [-0.39, 0.29) is 0 Å². The fourth-order valence-corrected chi connectivity index (χ4v) is 1.85. The van der Waals surface area contributed by atoms with E-state index in [4.69, 9.17) is 0 Å². The van der Waals surface area contributed by atoms with E-state index in [0.29, 0.717) is 0 Å². The van der Waals surface area contributed by atoms with Crippen LogP contribution in [0.1, 0.15) is 38.3 Å². The molecule has 1 heteroatoms. The number of hydrogen-bond acceptors (Lipinski definition) is 1. The second-order valence-electron chi connectivity index (χ2n) is 4.92. The van der Waals surface area contributed by atoms with Crippen molar-refractivity contribution in [3.8, 4) is 0 Å². The highest BCUT2D eigenvalue weighted by Gasteiger charge is 1.97. The van der Waals surface area contributed by atoms with Crippen molar-refractivity contribution in [3.05, 3.63) is 35.4 Å². The number of rotatable bonds is 7. The number of nitrogens with one attached hydrogen (secondary N) is 1. The molecule has 0 aromatic heterocycles. The summed E-state index contributed by atoms with van der Waals surface area (Å²) in [4.78, 5) is 0. The molecule has 90 valence electrons. The van der Waals surface area contributed by atoms with Gasteiger partial charge in [0.15, 0.2) is 0 Å². The molecular formula is C15H25N. The molecule has 0 saturated carbocycles. The third-order valence-electron chi connectivity index (χ3n) is 2.67. The van der Waals surface area contributed by atoms with Crippen molar-refractivity contribution in [3.63, 3.8) is 0 Å². The first-order valence-electron chi connectivity index (χ1n) is 6.51. The molecule has 0 aliphatic rings. The number of benzene rings is 1. The monoisotopic (exact) mass is 219 g/mol. The second kappa shape index (κ2) is 7.45. The molecule has 0 aliphatic heterocycles. The van der Waals surface area contributed by atoms with Crippen LogP contribution in [0.2, 0.25) is 0 Å². The minimum absolute atomic E-state index is 0.742. The zero-order valence-electron chi connectivity index (χ0n) is 10.9. The molecule has 1 aromatic rings. The lowest BCUT2D eigenvalue weighted by molar-refractivity contribution is 0.554. The molecule has 1 N–H and O–H groups in total. The molecule has 0 atom stereocenters. The molecule has 1 aromatic carbocycles. The molecule has 0 aliphatic carbocycles. The molecule has 0 fully saturated rings. The molecule has 0 saturated heterocycles. The largest absolute Gasteiger partial charge is 0.316 e. The molecule has 0 heterocycles. The fraction of sp³-hybridized carbons (Fsp3) is 0.600. The van der Waals surface area contributed by atoms with Crippen molar-refractivity contribution in [2.75, 3.05) is 13.1 Å². The van der Waals surface area contributed by atoms with E-state index >= 15 is 0 Å². The van der Waals surface area contributed by atoms with Crippen LogP contribution in [0.3, 0.4) is 0 Å². The van der Waals surface area contributed by atoms with Crippen molar-refractivity contribution in [2.24, 2.45) is 5.92 Å². The molecule has 1 nitrogen and oxygen atoms in total. The summed E-state index contributed by atoms with van der Waals surface area (Å²) < 4.78 is 0. The van der Waals surface area contributed by atoms with Crippen LogP contribution >= 0.6 is 0 Å². The Labute approximate surface area is 100 Å². The molecule has 0 spiro atoms. The van der Waals surface area contributed by atoms with Crippen molar-refractivity contribution in [2.45, 2.75) is 40.0 Å². The van der Waals surface area contributed by atoms with E-state index in [9.17, 15) is 0 Å². The van der Waals surface area contributed by atoms with E-state index in [0.717, 1.165) is 25.4 Å². The quantitative estimate of drug-likeness (QED) is 0.693. The van der Waals surface area contributed by atoms with Gasteiger partial charge in [-0.2, -0.15) is 0 Å². The van der Waals surface area contributed by atoms with E-state index < -0.39 is 0 Å². The summed E-state index contributed by atoms with van der Waals surface area (Å²) in [5.74, 6) is 0.742. The van der Waals surface area contributed by atoms with Crippen LogP contribution in [0.15, 0.2) is 24.3 Å². The molecule has 0 unspecified atom stereocenters. The van der Waals surface area contributed by atoms with Crippen LogP contribution in [0.25, 0.3) is 0 Å². The summed E-state index contributed by atoms with van der Waals surface area (Å²) in [5.41, 5.74) is 2.94. The average molecular weight is 219 g/mol. The highest BCUT2D eigenvalue weighted by Crippen LogP contribution is 2.07. The lowest BCUT2D eigenvalue weighted by Crippen LogP contribution is -2.22. The van der Waals surface area contributed by atoms with Gasteiger partial charge in [-0.15, -0.1) is 0 Å². The van der Waals surface area contributed by atoms with Gasteiger partial charge in [-0.1, -0.05) is 51.5 Å². The van der Waals surface area contributed by atoms with E-state index in [1.165, 1.54) is 24.0 Å². The van der Waals surface area contributed by atoms with Gasteiger partial charge in [0.1, 0.15) is 0 Å². The predicted octanol–water partition coefficient (Wildman–Crippen LogP) is 3.43. The second-order valence-corrected chi connectivity index (χ2v) is 4.92. The van der Waals surface area contributed by atoms with Crippen molar-refractivity contribution < 1.29 is 0 Å². The average Bonchev–Trinajstić information content (AvgIpc) is 2.25. The number of hydrogen-bond donors (Lipinski definition) is 1.